The van der Waals surface area contributed by atoms with Crippen LogP contribution in [0.4, 0.5) is 0 Å². The van der Waals surface area contributed by atoms with Crippen molar-refractivity contribution in [2.24, 2.45) is 11.7 Å². The predicted octanol–water partition coefficient (Wildman–Crippen LogP) is 3.21. The van der Waals surface area contributed by atoms with E-state index in [1.165, 1.54) is 11.1 Å². The van der Waals surface area contributed by atoms with Gasteiger partial charge in [0, 0.05) is 24.6 Å². The van der Waals surface area contributed by atoms with Crippen molar-refractivity contribution < 1.29 is 4.74 Å². The number of fused-ring (bicyclic) bond motifs is 1. The second-order valence-electron chi connectivity index (χ2n) is 7.38. The van der Waals surface area contributed by atoms with E-state index in [2.05, 4.69) is 57.8 Å². The maximum absolute atomic E-state index is 6.14. The molecule has 1 atom stereocenters. The minimum absolute atomic E-state index is 0.0724. The molecule has 3 heteroatoms. The van der Waals surface area contributed by atoms with E-state index in [9.17, 15) is 0 Å². The maximum Gasteiger partial charge on any atom is 0.127 e. The number of benzene rings is 1. The fourth-order valence-corrected chi connectivity index (χ4v) is 2.88. The fourth-order valence-electron chi connectivity index (χ4n) is 2.88. The molecule has 1 unspecified atom stereocenters. The van der Waals surface area contributed by atoms with Gasteiger partial charge in [0.1, 0.15) is 11.4 Å². The molecule has 0 saturated heterocycles. The number of hydrogen-bond donors (Lipinski definition) is 1. The van der Waals surface area contributed by atoms with E-state index in [0.717, 1.165) is 31.7 Å². The van der Waals surface area contributed by atoms with Gasteiger partial charge >= 0.3 is 0 Å². The minimum atomic E-state index is -0.0724. The van der Waals surface area contributed by atoms with E-state index < -0.39 is 0 Å². The molecule has 2 rings (SSSR count). The molecule has 118 valence electrons. The smallest absolute Gasteiger partial charge is 0.127 e. The molecule has 1 aliphatic rings. The van der Waals surface area contributed by atoms with Crippen LogP contribution >= 0.6 is 0 Å². The number of para-hydroxylation sites is 1. The Kier molecular flexibility index (Phi) is 4.95. The molecule has 0 aliphatic carbocycles. The molecule has 21 heavy (non-hydrogen) atoms. The van der Waals surface area contributed by atoms with Crippen LogP contribution in [0, 0.1) is 5.92 Å². The average molecular weight is 290 g/mol. The standard InChI is InChI=1S/C18H30N2O/c1-13(2)16(19)9-10-20(5)12-15-8-6-7-14-11-18(3,4)21-17(14)15/h6-8,13,16H,9-12,19H2,1-5H3. The third kappa shape index (κ3) is 4.21. The summed E-state index contributed by atoms with van der Waals surface area (Å²) in [7, 11) is 2.16. The van der Waals surface area contributed by atoms with Crippen LogP contribution in [0.1, 0.15) is 45.2 Å². The first-order chi connectivity index (χ1) is 9.78. The molecule has 0 radical (unpaired) electrons. The van der Waals surface area contributed by atoms with Crippen LogP contribution in [0.5, 0.6) is 5.75 Å². The summed E-state index contributed by atoms with van der Waals surface area (Å²) in [4.78, 5) is 2.34. The molecule has 0 fully saturated rings. The molecular weight excluding hydrogens is 260 g/mol. The Morgan fingerprint density at radius 3 is 2.71 bits per heavy atom. The van der Waals surface area contributed by atoms with Crippen LogP contribution in [-0.4, -0.2) is 30.1 Å². The molecule has 3 nitrogen and oxygen atoms in total. The Morgan fingerprint density at radius 1 is 1.33 bits per heavy atom. The summed E-state index contributed by atoms with van der Waals surface area (Å²) in [5, 5.41) is 0. The van der Waals surface area contributed by atoms with E-state index in [1.807, 2.05) is 0 Å². The molecule has 1 heterocycles. The highest BCUT2D eigenvalue weighted by Crippen LogP contribution is 2.37. The molecule has 0 aromatic heterocycles. The molecular formula is C18H30N2O. The predicted molar refractivity (Wildman–Crippen MR) is 88.6 cm³/mol. The van der Waals surface area contributed by atoms with Crippen molar-refractivity contribution >= 4 is 0 Å². The molecule has 1 aliphatic heterocycles. The van der Waals surface area contributed by atoms with Gasteiger partial charge in [0.15, 0.2) is 0 Å². The Hall–Kier alpha value is -1.06. The molecule has 0 saturated carbocycles. The van der Waals surface area contributed by atoms with Crippen molar-refractivity contribution in [2.75, 3.05) is 13.6 Å². The fraction of sp³-hybridized carbons (Fsp3) is 0.667. The lowest BCUT2D eigenvalue weighted by Crippen LogP contribution is -2.31. The Bertz CT molecular complexity index is 482. The number of nitrogens with two attached hydrogens (primary N) is 1. The van der Waals surface area contributed by atoms with Crippen LogP contribution < -0.4 is 10.5 Å². The van der Waals surface area contributed by atoms with Crippen LogP contribution in [0.2, 0.25) is 0 Å². The van der Waals surface area contributed by atoms with E-state index in [1.54, 1.807) is 0 Å². The van der Waals surface area contributed by atoms with E-state index in [4.69, 9.17) is 10.5 Å². The van der Waals surface area contributed by atoms with Crippen molar-refractivity contribution in [3.05, 3.63) is 29.3 Å². The number of ether oxygens (including phenoxy) is 1. The van der Waals surface area contributed by atoms with E-state index >= 15 is 0 Å². The van der Waals surface area contributed by atoms with Crippen molar-refractivity contribution in [3.63, 3.8) is 0 Å². The molecule has 0 amide bonds. The van der Waals surface area contributed by atoms with Gasteiger partial charge in [-0.1, -0.05) is 32.0 Å². The number of hydrogen-bond acceptors (Lipinski definition) is 3. The van der Waals surface area contributed by atoms with Crippen LogP contribution in [0.25, 0.3) is 0 Å². The van der Waals surface area contributed by atoms with E-state index in [0.29, 0.717) is 5.92 Å². The van der Waals surface area contributed by atoms with Gasteiger partial charge in [0.05, 0.1) is 0 Å². The summed E-state index contributed by atoms with van der Waals surface area (Å²) < 4.78 is 6.14. The minimum Gasteiger partial charge on any atom is -0.487 e. The first kappa shape index (κ1) is 16.3. The Labute approximate surface area is 129 Å². The third-order valence-corrected chi connectivity index (χ3v) is 4.31. The third-order valence-electron chi connectivity index (χ3n) is 4.31. The van der Waals surface area contributed by atoms with Crippen molar-refractivity contribution in [1.82, 2.24) is 4.90 Å². The molecule has 2 N–H and O–H groups in total. The van der Waals surface area contributed by atoms with Crippen molar-refractivity contribution in [2.45, 2.75) is 58.7 Å². The molecule has 0 bridgehead atoms. The van der Waals surface area contributed by atoms with Gasteiger partial charge in [0.25, 0.3) is 0 Å². The zero-order valence-corrected chi connectivity index (χ0v) is 14.1. The van der Waals surface area contributed by atoms with Crippen LogP contribution in [0.3, 0.4) is 0 Å². The lowest BCUT2D eigenvalue weighted by Gasteiger charge is -2.23. The lowest BCUT2D eigenvalue weighted by atomic mass is 10.00. The Morgan fingerprint density at radius 2 is 2.05 bits per heavy atom. The summed E-state index contributed by atoms with van der Waals surface area (Å²) in [6.07, 6.45) is 2.04. The highest BCUT2D eigenvalue weighted by Gasteiger charge is 2.31. The first-order valence-electron chi connectivity index (χ1n) is 8.02. The monoisotopic (exact) mass is 290 g/mol. The highest BCUT2D eigenvalue weighted by atomic mass is 16.5. The largest absolute Gasteiger partial charge is 0.487 e. The number of nitrogens with zero attached hydrogens (tertiary/aromatic N) is 1. The summed E-state index contributed by atoms with van der Waals surface area (Å²) >= 11 is 0. The Balaban J connectivity index is 1.97. The summed E-state index contributed by atoms with van der Waals surface area (Å²) in [6, 6.07) is 6.79. The quantitative estimate of drug-likeness (QED) is 0.874. The van der Waals surface area contributed by atoms with Crippen molar-refractivity contribution in [3.8, 4) is 5.75 Å². The zero-order chi connectivity index (χ0) is 15.6. The summed E-state index contributed by atoms with van der Waals surface area (Å²) in [5.41, 5.74) is 8.69. The first-order valence-corrected chi connectivity index (χ1v) is 8.02. The molecule has 0 spiro atoms. The highest BCUT2D eigenvalue weighted by molar-refractivity contribution is 5.45. The van der Waals surface area contributed by atoms with E-state index in [-0.39, 0.29) is 11.6 Å². The molecule has 1 aromatic rings. The lowest BCUT2D eigenvalue weighted by molar-refractivity contribution is 0.135. The van der Waals surface area contributed by atoms with Gasteiger partial charge in [0.2, 0.25) is 0 Å². The maximum atomic E-state index is 6.14. The summed E-state index contributed by atoms with van der Waals surface area (Å²) in [5.74, 6) is 1.64. The van der Waals surface area contributed by atoms with Gasteiger partial charge in [-0.3, -0.25) is 0 Å². The topological polar surface area (TPSA) is 38.5 Å². The van der Waals surface area contributed by atoms with Gasteiger partial charge in [-0.05, 0) is 45.3 Å². The van der Waals surface area contributed by atoms with Crippen LogP contribution in [-0.2, 0) is 13.0 Å². The van der Waals surface area contributed by atoms with Gasteiger partial charge in [-0.25, -0.2) is 0 Å². The van der Waals surface area contributed by atoms with Gasteiger partial charge in [-0.15, -0.1) is 0 Å². The van der Waals surface area contributed by atoms with Crippen LogP contribution in [0.15, 0.2) is 18.2 Å². The average Bonchev–Trinajstić information content (AvgIpc) is 2.71. The second-order valence-corrected chi connectivity index (χ2v) is 7.38. The zero-order valence-electron chi connectivity index (χ0n) is 14.1. The SMILES string of the molecule is CC(C)C(N)CCN(C)Cc1cccc2c1OC(C)(C)C2. The van der Waals surface area contributed by atoms with Crippen molar-refractivity contribution in [1.29, 1.82) is 0 Å². The summed E-state index contributed by atoms with van der Waals surface area (Å²) in [6.45, 7) is 10.6. The molecule has 1 aromatic carbocycles. The normalized spacial score (nSPS) is 17.9. The number of rotatable bonds is 6. The second kappa shape index (κ2) is 6.37. The van der Waals surface area contributed by atoms with Gasteiger partial charge < -0.3 is 15.4 Å². The van der Waals surface area contributed by atoms with Gasteiger partial charge in [-0.2, -0.15) is 0 Å².